The van der Waals surface area contributed by atoms with E-state index in [9.17, 15) is 9.59 Å². The van der Waals surface area contributed by atoms with Crippen LogP contribution in [-0.2, 0) is 17.9 Å². The van der Waals surface area contributed by atoms with Crippen LogP contribution in [0.2, 0.25) is 5.02 Å². The molecule has 0 atom stereocenters. The minimum atomic E-state index is -0.598. The van der Waals surface area contributed by atoms with E-state index in [0.29, 0.717) is 28.3 Å². The topological polar surface area (TPSA) is 102 Å². The number of hydrogen-bond acceptors (Lipinski definition) is 6. The van der Waals surface area contributed by atoms with E-state index in [-0.39, 0.29) is 12.3 Å². The predicted octanol–water partition coefficient (Wildman–Crippen LogP) is 4.36. The smallest absolute Gasteiger partial charge is 0.321 e. The Morgan fingerprint density at radius 2 is 1.79 bits per heavy atom. The van der Waals surface area contributed by atoms with E-state index in [4.69, 9.17) is 16.0 Å². The van der Waals surface area contributed by atoms with Crippen molar-refractivity contribution in [1.29, 1.82) is 0 Å². The van der Waals surface area contributed by atoms with Gasteiger partial charge in [0.25, 0.3) is 0 Å². The number of nitrogens with zero attached hydrogens (tertiary/aromatic N) is 3. The highest BCUT2D eigenvalue weighted by molar-refractivity contribution is 7.99. The van der Waals surface area contributed by atoms with Crippen LogP contribution in [0.15, 0.2) is 82.6 Å². The summed E-state index contributed by atoms with van der Waals surface area (Å²) in [6, 6.07) is 20.1. The molecule has 0 unspecified atom stereocenters. The summed E-state index contributed by atoms with van der Waals surface area (Å²) in [5.74, 6) is 0.728. The Bertz CT molecular complexity index is 1230. The lowest BCUT2D eigenvalue weighted by atomic mass is 10.2. The fourth-order valence-electron chi connectivity index (χ4n) is 3.06. The summed E-state index contributed by atoms with van der Waals surface area (Å²) in [6.07, 6.45) is 1.51. The van der Waals surface area contributed by atoms with E-state index in [1.54, 1.807) is 18.2 Å². The summed E-state index contributed by atoms with van der Waals surface area (Å²) < 4.78 is 7.05. The molecule has 0 aliphatic rings. The number of imide groups is 1. The number of hydrogen-bond donors (Lipinski definition) is 2. The normalized spacial score (nSPS) is 10.7. The van der Waals surface area contributed by atoms with Gasteiger partial charge in [-0.2, -0.15) is 0 Å². The van der Waals surface area contributed by atoms with Gasteiger partial charge in [-0.3, -0.25) is 14.7 Å². The van der Waals surface area contributed by atoms with Crippen LogP contribution in [0, 0.1) is 0 Å². The van der Waals surface area contributed by atoms with E-state index in [1.807, 2.05) is 53.1 Å². The Morgan fingerprint density at radius 3 is 2.55 bits per heavy atom. The summed E-state index contributed by atoms with van der Waals surface area (Å²) in [7, 11) is 0. The minimum Gasteiger partial charge on any atom is -0.467 e. The zero-order valence-electron chi connectivity index (χ0n) is 17.4. The summed E-state index contributed by atoms with van der Waals surface area (Å²) in [5.41, 5.74) is 1.80. The Hall–Kier alpha value is -3.56. The number of thioether (sulfide) groups is 1. The number of nitrogens with one attached hydrogen (secondary N) is 2. The maximum atomic E-state index is 12.3. The number of urea groups is 1. The molecule has 4 aromatic rings. The highest BCUT2D eigenvalue weighted by Gasteiger charge is 2.18. The van der Waals surface area contributed by atoms with Crippen LogP contribution in [0.25, 0.3) is 11.4 Å². The molecule has 3 amide bonds. The van der Waals surface area contributed by atoms with Crippen molar-refractivity contribution < 1.29 is 14.0 Å². The summed E-state index contributed by atoms with van der Waals surface area (Å²) in [5, 5.41) is 14.6. The fraction of sp³-hybridized carbons (Fsp3) is 0.130. The molecule has 2 aromatic heterocycles. The fourth-order valence-corrected chi connectivity index (χ4v) is 4.02. The molecule has 2 N–H and O–H groups in total. The van der Waals surface area contributed by atoms with Crippen LogP contribution < -0.4 is 10.6 Å². The van der Waals surface area contributed by atoms with Gasteiger partial charge < -0.3 is 9.73 Å². The molecule has 0 saturated heterocycles. The van der Waals surface area contributed by atoms with Crippen molar-refractivity contribution >= 4 is 35.3 Å². The molecule has 2 heterocycles. The first-order valence-corrected chi connectivity index (χ1v) is 11.4. The second kappa shape index (κ2) is 10.8. The predicted molar refractivity (Wildman–Crippen MR) is 126 cm³/mol. The second-order valence-electron chi connectivity index (χ2n) is 6.96. The molecule has 0 aliphatic heterocycles. The molecule has 10 heteroatoms. The van der Waals surface area contributed by atoms with E-state index >= 15 is 0 Å². The molecular formula is C23H20ClN5O3S. The van der Waals surface area contributed by atoms with Gasteiger partial charge in [0.05, 0.1) is 30.1 Å². The number of halogens is 1. The van der Waals surface area contributed by atoms with E-state index in [0.717, 1.165) is 11.1 Å². The Labute approximate surface area is 199 Å². The number of rotatable bonds is 8. The van der Waals surface area contributed by atoms with Crippen LogP contribution in [0.1, 0.15) is 11.3 Å². The quantitative estimate of drug-likeness (QED) is 0.362. The lowest BCUT2D eigenvalue weighted by Gasteiger charge is -2.11. The van der Waals surface area contributed by atoms with Crippen LogP contribution in [0.3, 0.4) is 0 Å². The highest BCUT2D eigenvalue weighted by atomic mass is 35.5. The van der Waals surface area contributed by atoms with Gasteiger partial charge in [-0.15, -0.1) is 10.2 Å². The largest absolute Gasteiger partial charge is 0.467 e. The maximum Gasteiger partial charge on any atom is 0.321 e. The van der Waals surface area contributed by atoms with E-state index in [1.165, 1.54) is 18.0 Å². The average Bonchev–Trinajstić information content (AvgIpc) is 3.48. The minimum absolute atomic E-state index is 0.0103. The van der Waals surface area contributed by atoms with Gasteiger partial charge in [-0.05, 0) is 29.8 Å². The van der Waals surface area contributed by atoms with Gasteiger partial charge in [0.1, 0.15) is 5.76 Å². The number of amides is 3. The average molecular weight is 482 g/mol. The van der Waals surface area contributed by atoms with Crippen LogP contribution >= 0.6 is 23.4 Å². The summed E-state index contributed by atoms with van der Waals surface area (Å²) in [6.45, 7) is 0.688. The monoisotopic (exact) mass is 481 g/mol. The van der Waals surface area contributed by atoms with Crippen LogP contribution in [0.5, 0.6) is 0 Å². The molecule has 0 spiro atoms. The van der Waals surface area contributed by atoms with Crippen molar-refractivity contribution in [2.75, 3.05) is 5.75 Å². The Kier molecular flexibility index (Phi) is 7.43. The molecule has 8 nitrogen and oxygen atoms in total. The van der Waals surface area contributed by atoms with Crippen molar-refractivity contribution in [3.8, 4) is 11.4 Å². The molecule has 0 fully saturated rings. The Balaban J connectivity index is 1.45. The number of carbonyl (C=O) groups excluding carboxylic acids is 2. The van der Waals surface area contributed by atoms with Crippen molar-refractivity contribution in [1.82, 2.24) is 25.4 Å². The first-order chi connectivity index (χ1) is 16.1. The molecular weight excluding hydrogens is 462 g/mol. The van der Waals surface area contributed by atoms with Crippen molar-refractivity contribution in [2.45, 2.75) is 18.2 Å². The standard InChI is InChI=1S/C23H20ClN5O3S/c24-19-11-5-4-10-18(19)21-27-28-23(29(21)14-16-7-2-1-3-8-16)33-15-20(30)26-22(31)25-13-17-9-6-12-32-17/h1-12H,13-15H2,(H2,25,26,30,31). The van der Waals surface area contributed by atoms with Gasteiger partial charge in [0.2, 0.25) is 5.91 Å². The van der Waals surface area contributed by atoms with Gasteiger partial charge in [0.15, 0.2) is 11.0 Å². The van der Waals surface area contributed by atoms with Gasteiger partial charge in [-0.25, -0.2) is 4.79 Å². The number of furan rings is 1. The van der Waals surface area contributed by atoms with Gasteiger partial charge in [0, 0.05) is 5.56 Å². The maximum absolute atomic E-state index is 12.3. The molecule has 0 radical (unpaired) electrons. The van der Waals surface area contributed by atoms with E-state index in [2.05, 4.69) is 20.8 Å². The lowest BCUT2D eigenvalue weighted by molar-refractivity contribution is -0.117. The first kappa shape index (κ1) is 22.6. The second-order valence-corrected chi connectivity index (χ2v) is 8.31. The molecule has 168 valence electrons. The van der Waals surface area contributed by atoms with Gasteiger partial charge >= 0.3 is 6.03 Å². The zero-order valence-corrected chi connectivity index (χ0v) is 19.0. The first-order valence-electron chi connectivity index (χ1n) is 10.0. The molecule has 0 saturated carbocycles. The van der Waals surface area contributed by atoms with Crippen molar-refractivity contribution in [3.63, 3.8) is 0 Å². The van der Waals surface area contributed by atoms with Crippen LogP contribution in [0.4, 0.5) is 4.79 Å². The summed E-state index contributed by atoms with van der Waals surface area (Å²) in [4.78, 5) is 24.2. The molecule has 33 heavy (non-hydrogen) atoms. The molecule has 0 bridgehead atoms. The van der Waals surface area contributed by atoms with Crippen LogP contribution in [-0.4, -0.2) is 32.5 Å². The molecule has 4 rings (SSSR count). The summed E-state index contributed by atoms with van der Waals surface area (Å²) >= 11 is 7.58. The number of benzene rings is 2. The zero-order chi connectivity index (χ0) is 23.0. The van der Waals surface area contributed by atoms with Crippen molar-refractivity contribution in [2.24, 2.45) is 0 Å². The number of carbonyl (C=O) groups is 2. The third-order valence-corrected chi connectivity index (χ3v) is 5.90. The third kappa shape index (κ3) is 6.03. The highest BCUT2D eigenvalue weighted by Crippen LogP contribution is 2.29. The molecule has 0 aliphatic carbocycles. The third-order valence-electron chi connectivity index (χ3n) is 4.60. The lowest BCUT2D eigenvalue weighted by Crippen LogP contribution is -2.39. The Morgan fingerprint density at radius 1 is 1.00 bits per heavy atom. The van der Waals surface area contributed by atoms with Crippen molar-refractivity contribution in [3.05, 3.63) is 89.3 Å². The van der Waals surface area contributed by atoms with E-state index < -0.39 is 11.9 Å². The number of aromatic nitrogens is 3. The van der Waals surface area contributed by atoms with Gasteiger partial charge in [-0.1, -0.05) is 65.8 Å². The SMILES string of the molecule is O=C(CSc1nnc(-c2ccccc2Cl)n1Cc1ccccc1)NC(=O)NCc1ccco1. The molecule has 2 aromatic carbocycles.